The van der Waals surface area contributed by atoms with Crippen LogP contribution in [-0.2, 0) is 24.9 Å². The number of anilines is 1. The summed E-state index contributed by atoms with van der Waals surface area (Å²) in [6.07, 6.45) is 2.59. The molecule has 2 saturated heterocycles. The highest BCUT2D eigenvalue weighted by Gasteiger charge is 2.34. The van der Waals surface area contributed by atoms with Gasteiger partial charge in [0.1, 0.15) is 16.9 Å². The van der Waals surface area contributed by atoms with Crippen molar-refractivity contribution in [2.24, 2.45) is 7.05 Å². The van der Waals surface area contributed by atoms with E-state index in [1.54, 1.807) is 18.1 Å². The predicted octanol–water partition coefficient (Wildman–Crippen LogP) is 2.42. The Bertz CT molecular complexity index is 1980. The van der Waals surface area contributed by atoms with Gasteiger partial charge in [0.15, 0.2) is 0 Å². The van der Waals surface area contributed by atoms with Gasteiger partial charge in [-0.25, -0.2) is 4.79 Å². The molecule has 3 aromatic heterocycles. The molecule has 0 saturated carbocycles. The molecule has 2 aliphatic rings. The molecular weight excluding hydrogens is 570 g/mol. The quantitative estimate of drug-likeness (QED) is 0.316. The first-order valence-corrected chi connectivity index (χ1v) is 15.6. The molecule has 0 unspecified atom stereocenters. The Morgan fingerprint density at radius 2 is 1.64 bits per heavy atom. The number of hydrogen-bond donors (Lipinski definition) is 1. The molecule has 7 rings (SSSR count). The molecule has 45 heavy (non-hydrogen) atoms. The predicted molar refractivity (Wildman–Crippen MR) is 174 cm³/mol. The van der Waals surface area contributed by atoms with Gasteiger partial charge in [-0.3, -0.25) is 23.7 Å². The Kier molecular flexibility index (Phi) is 7.95. The van der Waals surface area contributed by atoms with Gasteiger partial charge in [0.25, 0.3) is 11.5 Å². The first-order chi connectivity index (χ1) is 22.0. The number of aryl methyl sites for hydroxylation is 1. The van der Waals surface area contributed by atoms with Gasteiger partial charge in [-0.15, -0.1) is 0 Å². The molecular formula is C34H37N7O4. The Hall–Kier alpha value is -4.74. The van der Waals surface area contributed by atoms with Crippen LogP contribution in [0.3, 0.4) is 0 Å². The Labute approximate surface area is 260 Å². The summed E-state index contributed by atoms with van der Waals surface area (Å²) in [4.78, 5) is 51.9. The van der Waals surface area contributed by atoms with Crippen molar-refractivity contribution in [1.29, 1.82) is 0 Å². The number of pyridine rings is 1. The smallest absolute Gasteiger partial charge is 0.331 e. The number of hydrogen-bond acceptors (Lipinski definition) is 7. The third-order valence-electron chi connectivity index (χ3n) is 8.91. The normalized spacial score (nSPS) is 15.9. The molecule has 0 bridgehead atoms. The third-order valence-corrected chi connectivity index (χ3v) is 8.91. The van der Waals surface area contributed by atoms with Crippen LogP contribution < -0.4 is 21.5 Å². The van der Waals surface area contributed by atoms with E-state index in [1.165, 1.54) is 9.13 Å². The van der Waals surface area contributed by atoms with Gasteiger partial charge in [0.2, 0.25) is 0 Å². The van der Waals surface area contributed by atoms with Crippen LogP contribution in [0, 0.1) is 0 Å². The number of carbonyl (C=O) groups excluding carboxylic acids is 1. The number of nitrogens with one attached hydrogen (secondary N) is 1. The van der Waals surface area contributed by atoms with Crippen LogP contribution in [-0.4, -0.2) is 82.0 Å². The fraction of sp³-hybridized carbons (Fsp3) is 0.353. The molecule has 0 spiro atoms. The SMILES string of the molecule is Cn1c(=O)n(Cc2nccc3ccccc23)c(=O)c2c1c(C(=O)N1CCOCC1)c(N1CCCNCC1)n2Cc1ccccc1. The minimum Gasteiger partial charge on any atom is -0.378 e. The van der Waals surface area contributed by atoms with E-state index in [0.717, 1.165) is 35.8 Å². The van der Waals surface area contributed by atoms with Crippen LogP contribution in [0.5, 0.6) is 0 Å². The number of fused-ring (bicyclic) bond motifs is 2. The van der Waals surface area contributed by atoms with Gasteiger partial charge >= 0.3 is 5.69 Å². The zero-order chi connectivity index (χ0) is 30.9. The lowest BCUT2D eigenvalue weighted by Crippen LogP contribution is -2.42. The molecule has 0 radical (unpaired) electrons. The van der Waals surface area contributed by atoms with E-state index in [2.05, 4.69) is 15.2 Å². The standard InChI is InChI=1S/C34H37N7O4/c1-37-29-28(32(42)39-18-20-45-21-19-39)31(38-16-7-13-35-15-17-38)40(22-24-8-3-2-4-9-24)30(29)33(43)41(34(37)44)23-27-26-11-6-5-10-25(26)12-14-36-27/h2-6,8-12,14,35H,7,13,15-23H2,1H3. The summed E-state index contributed by atoms with van der Waals surface area (Å²) < 4.78 is 10.3. The number of aromatic nitrogens is 4. The first-order valence-electron chi connectivity index (χ1n) is 15.6. The summed E-state index contributed by atoms with van der Waals surface area (Å²) in [5, 5.41) is 5.32. The van der Waals surface area contributed by atoms with Gasteiger partial charge in [0, 0.05) is 57.9 Å². The molecule has 2 aliphatic heterocycles. The number of benzene rings is 2. The average molecular weight is 608 g/mol. The van der Waals surface area contributed by atoms with Gasteiger partial charge in [-0.05, 0) is 30.0 Å². The highest BCUT2D eigenvalue weighted by Crippen LogP contribution is 2.34. The number of ether oxygens (including phenoxy) is 1. The van der Waals surface area contributed by atoms with Crippen molar-refractivity contribution in [3.8, 4) is 0 Å². The summed E-state index contributed by atoms with van der Waals surface area (Å²) in [7, 11) is 1.66. The third kappa shape index (κ3) is 5.32. The van der Waals surface area contributed by atoms with E-state index in [4.69, 9.17) is 4.74 Å². The van der Waals surface area contributed by atoms with Gasteiger partial charge in [0.05, 0.1) is 31.0 Å². The molecule has 11 nitrogen and oxygen atoms in total. The maximum Gasteiger partial charge on any atom is 0.331 e. The second-order valence-electron chi connectivity index (χ2n) is 11.7. The summed E-state index contributed by atoms with van der Waals surface area (Å²) in [5.74, 6) is 0.493. The Morgan fingerprint density at radius 3 is 2.47 bits per heavy atom. The molecule has 0 aliphatic carbocycles. The molecule has 2 aromatic carbocycles. The monoisotopic (exact) mass is 607 g/mol. The van der Waals surface area contributed by atoms with Crippen LogP contribution in [0.4, 0.5) is 5.82 Å². The number of carbonyl (C=O) groups is 1. The van der Waals surface area contributed by atoms with Crippen LogP contribution in [0.25, 0.3) is 21.8 Å². The fourth-order valence-electron chi connectivity index (χ4n) is 6.65. The molecule has 11 heteroatoms. The van der Waals surface area contributed by atoms with E-state index in [-0.39, 0.29) is 12.5 Å². The highest BCUT2D eigenvalue weighted by molar-refractivity contribution is 6.11. The lowest BCUT2D eigenvalue weighted by Gasteiger charge is -2.30. The summed E-state index contributed by atoms with van der Waals surface area (Å²) in [6, 6.07) is 19.7. The molecule has 232 valence electrons. The van der Waals surface area contributed by atoms with Crippen molar-refractivity contribution in [1.82, 2.24) is 28.9 Å². The van der Waals surface area contributed by atoms with E-state index < -0.39 is 11.2 Å². The zero-order valence-corrected chi connectivity index (χ0v) is 25.4. The van der Waals surface area contributed by atoms with Crippen LogP contribution in [0.1, 0.15) is 28.0 Å². The molecule has 2 fully saturated rings. The van der Waals surface area contributed by atoms with Crippen molar-refractivity contribution in [2.75, 3.05) is 57.4 Å². The van der Waals surface area contributed by atoms with Crippen molar-refractivity contribution in [2.45, 2.75) is 19.5 Å². The van der Waals surface area contributed by atoms with Crippen LogP contribution >= 0.6 is 0 Å². The van der Waals surface area contributed by atoms with Crippen LogP contribution in [0.15, 0.2) is 76.4 Å². The van der Waals surface area contributed by atoms with Crippen molar-refractivity contribution >= 4 is 33.5 Å². The van der Waals surface area contributed by atoms with E-state index in [0.29, 0.717) is 74.0 Å². The maximum absolute atomic E-state index is 14.7. The minimum atomic E-state index is -0.487. The largest absolute Gasteiger partial charge is 0.378 e. The second-order valence-corrected chi connectivity index (χ2v) is 11.7. The van der Waals surface area contributed by atoms with Gasteiger partial charge in [-0.2, -0.15) is 0 Å². The Balaban J connectivity index is 1.51. The lowest BCUT2D eigenvalue weighted by atomic mass is 10.1. The Morgan fingerprint density at radius 1 is 0.867 bits per heavy atom. The first kappa shape index (κ1) is 29.0. The lowest BCUT2D eigenvalue weighted by molar-refractivity contribution is 0.0304. The van der Waals surface area contributed by atoms with E-state index in [1.807, 2.05) is 65.2 Å². The summed E-state index contributed by atoms with van der Waals surface area (Å²) in [6.45, 7) is 5.15. The number of nitrogens with zero attached hydrogens (tertiary/aromatic N) is 6. The maximum atomic E-state index is 14.7. The van der Waals surface area contributed by atoms with E-state index >= 15 is 0 Å². The average Bonchev–Trinajstić information content (AvgIpc) is 3.20. The molecule has 5 aromatic rings. The zero-order valence-electron chi connectivity index (χ0n) is 25.4. The number of amides is 1. The van der Waals surface area contributed by atoms with Gasteiger partial charge in [-0.1, -0.05) is 54.6 Å². The topological polar surface area (TPSA) is 107 Å². The van der Waals surface area contributed by atoms with Gasteiger partial charge < -0.3 is 24.4 Å². The summed E-state index contributed by atoms with van der Waals surface area (Å²) >= 11 is 0. The summed E-state index contributed by atoms with van der Waals surface area (Å²) in [5.41, 5.74) is 1.81. The minimum absolute atomic E-state index is 0.00896. The van der Waals surface area contributed by atoms with Crippen molar-refractivity contribution < 1.29 is 9.53 Å². The van der Waals surface area contributed by atoms with E-state index in [9.17, 15) is 14.4 Å². The number of morpholine rings is 1. The van der Waals surface area contributed by atoms with Crippen LogP contribution in [0.2, 0.25) is 0 Å². The van der Waals surface area contributed by atoms with Crippen molar-refractivity contribution in [3.05, 3.63) is 105 Å². The molecule has 1 N–H and O–H groups in total. The van der Waals surface area contributed by atoms with Crippen molar-refractivity contribution in [3.63, 3.8) is 0 Å². The molecule has 0 atom stereocenters. The second kappa shape index (κ2) is 12.3. The molecule has 5 heterocycles. The fourth-order valence-corrected chi connectivity index (χ4v) is 6.65. The highest BCUT2D eigenvalue weighted by atomic mass is 16.5. The molecule has 1 amide bonds. The number of rotatable bonds is 6.